The van der Waals surface area contributed by atoms with Gasteiger partial charge in [0.25, 0.3) is 0 Å². The van der Waals surface area contributed by atoms with E-state index < -0.39 is 12.7 Å². The quantitative estimate of drug-likeness (QED) is 0.341. The Bertz CT molecular complexity index is 1500. The van der Waals surface area contributed by atoms with E-state index in [-0.39, 0.29) is 11.1 Å². The number of ether oxygens (including phenoxy) is 1. The SMILES string of the molecule is Cc1c(-c2cc(OC(C)c3ccccn3)c3c(c2)ncn3C(F)F)nnn1C1(C2CCN(C3CNC3)CC2)CC1. The molecule has 7 rings (SSSR count). The van der Waals surface area contributed by atoms with E-state index in [0.29, 0.717) is 28.9 Å². The number of benzene rings is 1. The minimum Gasteiger partial charge on any atom is -0.482 e. The zero-order valence-electron chi connectivity index (χ0n) is 22.8. The molecule has 3 aliphatic rings. The second-order valence-corrected chi connectivity index (χ2v) is 11.4. The van der Waals surface area contributed by atoms with Crippen molar-refractivity contribution in [3.05, 3.63) is 54.2 Å². The third-order valence-electron chi connectivity index (χ3n) is 9.17. The summed E-state index contributed by atoms with van der Waals surface area (Å²) in [4.78, 5) is 11.3. The van der Waals surface area contributed by atoms with Gasteiger partial charge in [-0.15, -0.1) is 5.10 Å². The molecule has 0 spiro atoms. The molecule has 5 heterocycles. The molecule has 4 aromatic rings. The number of hydrogen-bond acceptors (Lipinski definition) is 7. The Labute approximate surface area is 231 Å². The average molecular weight is 549 g/mol. The van der Waals surface area contributed by atoms with Gasteiger partial charge in [-0.3, -0.25) is 14.5 Å². The summed E-state index contributed by atoms with van der Waals surface area (Å²) < 4.78 is 37.0. The number of nitrogens with one attached hydrogen (secondary N) is 1. The van der Waals surface area contributed by atoms with Crippen molar-refractivity contribution >= 4 is 11.0 Å². The smallest absolute Gasteiger partial charge is 0.320 e. The summed E-state index contributed by atoms with van der Waals surface area (Å²) in [6, 6.07) is 9.84. The van der Waals surface area contributed by atoms with Gasteiger partial charge in [0, 0.05) is 30.9 Å². The first-order valence-electron chi connectivity index (χ1n) is 14.2. The van der Waals surface area contributed by atoms with Crippen LogP contribution >= 0.6 is 0 Å². The molecule has 3 aromatic heterocycles. The van der Waals surface area contributed by atoms with E-state index >= 15 is 0 Å². The van der Waals surface area contributed by atoms with Crippen LogP contribution in [0.1, 0.15) is 56.6 Å². The molecule has 9 nitrogen and oxygen atoms in total. The summed E-state index contributed by atoms with van der Waals surface area (Å²) >= 11 is 0. The molecule has 0 amide bonds. The predicted molar refractivity (Wildman–Crippen MR) is 146 cm³/mol. The van der Waals surface area contributed by atoms with Crippen LogP contribution in [-0.2, 0) is 5.54 Å². The molecule has 0 bridgehead atoms. The van der Waals surface area contributed by atoms with E-state index in [1.807, 2.05) is 25.1 Å². The lowest BCUT2D eigenvalue weighted by Gasteiger charge is -2.43. The molecule has 11 heteroatoms. The minimum absolute atomic E-state index is 0.0213. The van der Waals surface area contributed by atoms with E-state index in [2.05, 4.69) is 42.1 Å². The number of piperidine rings is 1. The fourth-order valence-corrected chi connectivity index (χ4v) is 6.65. The third kappa shape index (κ3) is 4.26. The van der Waals surface area contributed by atoms with Crippen LogP contribution in [0.15, 0.2) is 42.9 Å². The van der Waals surface area contributed by atoms with Crippen molar-refractivity contribution in [1.29, 1.82) is 0 Å². The van der Waals surface area contributed by atoms with Crippen LogP contribution in [0.3, 0.4) is 0 Å². The van der Waals surface area contributed by atoms with Gasteiger partial charge in [-0.25, -0.2) is 9.67 Å². The number of fused-ring (bicyclic) bond motifs is 1. The zero-order valence-corrected chi connectivity index (χ0v) is 22.8. The summed E-state index contributed by atoms with van der Waals surface area (Å²) in [6.45, 7) is 5.66. The Hall–Kier alpha value is -3.44. The summed E-state index contributed by atoms with van der Waals surface area (Å²) in [5.41, 5.74) is 3.87. The van der Waals surface area contributed by atoms with Crippen LogP contribution in [0.5, 0.6) is 5.75 Å². The Morgan fingerprint density at radius 3 is 2.55 bits per heavy atom. The highest BCUT2D eigenvalue weighted by Crippen LogP contribution is 2.54. The Morgan fingerprint density at radius 1 is 1.10 bits per heavy atom. The first kappa shape index (κ1) is 25.5. The van der Waals surface area contributed by atoms with Gasteiger partial charge in [0.15, 0.2) is 0 Å². The van der Waals surface area contributed by atoms with Crippen LogP contribution in [0.2, 0.25) is 0 Å². The first-order chi connectivity index (χ1) is 19.4. The number of rotatable bonds is 8. The maximum absolute atomic E-state index is 13.9. The van der Waals surface area contributed by atoms with Crippen molar-refractivity contribution in [3.63, 3.8) is 0 Å². The summed E-state index contributed by atoms with van der Waals surface area (Å²) in [5, 5.41) is 12.7. The molecule has 1 aromatic carbocycles. The number of likely N-dealkylation sites (tertiary alicyclic amines) is 1. The van der Waals surface area contributed by atoms with Crippen molar-refractivity contribution in [2.75, 3.05) is 26.2 Å². The average Bonchev–Trinajstić information content (AvgIpc) is 3.45. The van der Waals surface area contributed by atoms with Gasteiger partial charge in [-0.05, 0) is 82.8 Å². The number of alkyl halides is 2. The molecule has 2 saturated heterocycles. The van der Waals surface area contributed by atoms with Gasteiger partial charge < -0.3 is 10.1 Å². The van der Waals surface area contributed by atoms with E-state index in [1.54, 1.807) is 18.3 Å². The number of halogens is 2. The van der Waals surface area contributed by atoms with Gasteiger partial charge in [0.1, 0.15) is 29.4 Å². The minimum atomic E-state index is -2.74. The van der Waals surface area contributed by atoms with Crippen LogP contribution < -0.4 is 10.1 Å². The second-order valence-electron chi connectivity index (χ2n) is 11.4. The maximum Gasteiger partial charge on any atom is 0.320 e. The molecule has 1 atom stereocenters. The van der Waals surface area contributed by atoms with Crippen molar-refractivity contribution in [1.82, 2.24) is 39.7 Å². The molecule has 1 aliphatic carbocycles. The topological polar surface area (TPSA) is 85.9 Å². The lowest BCUT2D eigenvalue weighted by Crippen LogP contribution is -2.59. The van der Waals surface area contributed by atoms with Gasteiger partial charge in [-0.1, -0.05) is 11.3 Å². The molecule has 1 saturated carbocycles. The largest absolute Gasteiger partial charge is 0.482 e. The number of hydrogen-bond donors (Lipinski definition) is 1. The third-order valence-corrected chi connectivity index (χ3v) is 9.17. The highest BCUT2D eigenvalue weighted by atomic mass is 19.3. The molecule has 1 N–H and O–H groups in total. The number of nitrogens with zero attached hydrogens (tertiary/aromatic N) is 7. The van der Waals surface area contributed by atoms with Crippen molar-refractivity contribution in [2.45, 2.75) is 63.8 Å². The van der Waals surface area contributed by atoms with Crippen LogP contribution in [0.4, 0.5) is 8.78 Å². The number of aromatic nitrogens is 6. The van der Waals surface area contributed by atoms with Gasteiger partial charge >= 0.3 is 6.55 Å². The van der Waals surface area contributed by atoms with E-state index in [0.717, 1.165) is 66.9 Å². The lowest BCUT2D eigenvalue weighted by molar-refractivity contribution is 0.0737. The number of imidazole rings is 1. The monoisotopic (exact) mass is 548 g/mol. The fraction of sp³-hybridized carbons (Fsp3) is 0.517. The van der Waals surface area contributed by atoms with Gasteiger partial charge in [0.2, 0.25) is 0 Å². The Balaban J connectivity index is 1.21. The molecule has 40 heavy (non-hydrogen) atoms. The Morgan fingerprint density at radius 2 is 1.90 bits per heavy atom. The second kappa shape index (κ2) is 9.88. The maximum atomic E-state index is 13.9. The summed E-state index contributed by atoms with van der Waals surface area (Å²) in [6.07, 6.45) is 6.96. The fourth-order valence-electron chi connectivity index (χ4n) is 6.65. The molecule has 3 fully saturated rings. The lowest BCUT2D eigenvalue weighted by atomic mass is 9.86. The predicted octanol–water partition coefficient (Wildman–Crippen LogP) is 4.71. The van der Waals surface area contributed by atoms with Gasteiger partial charge in [0.05, 0.1) is 22.4 Å². The van der Waals surface area contributed by atoms with Crippen LogP contribution in [-0.4, -0.2) is 66.6 Å². The van der Waals surface area contributed by atoms with Crippen LogP contribution in [0.25, 0.3) is 22.3 Å². The Kier molecular flexibility index (Phi) is 6.31. The van der Waals surface area contributed by atoms with Gasteiger partial charge in [-0.2, -0.15) is 8.78 Å². The van der Waals surface area contributed by atoms with Crippen LogP contribution in [0, 0.1) is 12.8 Å². The van der Waals surface area contributed by atoms with E-state index in [9.17, 15) is 8.78 Å². The molecular weight excluding hydrogens is 514 g/mol. The summed E-state index contributed by atoms with van der Waals surface area (Å²) in [7, 11) is 0. The first-order valence-corrected chi connectivity index (χ1v) is 14.2. The zero-order chi connectivity index (χ0) is 27.4. The molecule has 1 unspecified atom stereocenters. The standard InChI is InChI=1S/C29H34F2N8O/c1-18-26(35-36-39(18)29(8-9-29)21-6-11-37(12-7-21)22-15-32-16-22)20-13-24-27(38(17-34-24)28(30)31)25(14-20)40-19(2)23-5-3-4-10-33-23/h3-5,10,13-14,17,19,21-22,28,32H,6-9,11-12,15-16H2,1-2H3. The van der Waals surface area contributed by atoms with E-state index in [4.69, 9.17) is 4.74 Å². The van der Waals surface area contributed by atoms with E-state index in [1.165, 1.54) is 12.8 Å². The highest BCUT2D eigenvalue weighted by molar-refractivity contribution is 5.87. The van der Waals surface area contributed by atoms with Crippen molar-refractivity contribution < 1.29 is 13.5 Å². The summed E-state index contributed by atoms with van der Waals surface area (Å²) in [5.74, 6) is 0.892. The normalized spacial score (nSPS) is 20.6. The molecular formula is C29H34F2N8O. The van der Waals surface area contributed by atoms with Crippen molar-refractivity contribution in [2.24, 2.45) is 5.92 Å². The molecule has 210 valence electrons. The molecule has 2 aliphatic heterocycles. The molecule has 0 radical (unpaired) electrons. The van der Waals surface area contributed by atoms with Crippen molar-refractivity contribution in [3.8, 4) is 17.0 Å². The highest BCUT2D eigenvalue weighted by Gasteiger charge is 2.53. The number of pyridine rings is 1.